The number of benzene rings is 2. The molecule has 5 heteroatoms. The van der Waals surface area contributed by atoms with Crippen molar-refractivity contribution in [3.05, 3.63) is 70.3 Å². The zero-order valence-electron chi connectivity index (χ0n) is 16.0. The van der Waals surface area contributed by atoms with Crippen molar-refractivity contribution in [2.24, 2.45) is 0 Å². The van der Waals surface area contributed by atoms with E-state index in [0.29, 0.717) is 16.7 Å². The van der Waals surface area contributed by atoms with E-state index in [2.05, 4.69) is 0 Å². The summed E-state index contributed by atoms with van der Waals surface area (Å²) in [5.41, 5.74) is 2.71. The number of rotatable bonds is 6. The number of Topliss-reactive ketones (excluding diaryl/α,β-unsaturated/α-hetero) is 1. The van der Waals surface area contributed by atoms with Gasteiger partial charge in [0.1, 0.15) is 6.61 Å². The van der Waals surface area contributed by atoms with Gasteiger partial charge < -0.3 is 4.74 Å². The number of imide groups is 1. The van der Waals surface area contributed by atoms with E-state index in [1.165, 1.54) is 4.90 Å². The van der Waals surface area contributed by atoms with E-state index in [1.54, 1.807) is 44.2 Å². The SMILES string of the molecule is Cc1ccc(C(=O)COCC(C)(C)N2C(=O)c3ccccc3C2=O)cc1C. The Bertz CT molecular complexity index is 895. The van der Waals surface area contributed by atoms with Crippen LogP contribution in [0.1, 0.15) is 56.0 Å². The van der Waals surface area contributed by atoms with Crippen molar-refractivity contribution >= 4 is 17.6 Å². The highest BCUT2D eigenvalue weighted by Gasteiger charge is 2.44. The fraction of sp³-hybridized carbons (Fsp3) is 0.318. The lowest BCUT2D eigenvalue weighted by Crippen LogP contribution is -2.50. The number of fused-ring (bicyclic) bond motifs is 1. The zero-order chi connectivity index (χ0) is 19.8. The zero-order valence-corrected chi connectivity index (χ0v) is 16.0. The number of hydrogen-bond donors (Lipinski definition) is 0. The number of carbonyl (C=O) groups is 3. The standard InChI is InChI=1S/C22H23NO4/c1-14-9-10-16(11-15(14)2)19(24)12-27-13-22(3,4)23-20(25)17-7-5-6-8-18(17)21(23)26/h5-11H,12-13H2,1-4H3. The Hall–Kier alpha value is -2.79. The van der Waals surface area contributed by atoms with Crippen LogP contribution in [-0.2, 0) is 4.74 Å². The highest BCUT2D eigenvalue weighted by atomic mass is 16.5. The van der Waals surface area contributed by atoms with Crippen LogP contribution >= 0.6 is 0 Å². The van der Waals surface area contributed by atoms with Crippen LogP contribution in [0.4, 0.5) is 0 Å². The molecule has 1 heterocycles. The van der Waals surface area contributed by atoms with Gasteiger partial charge in [0.2, 0.25) is 0 Å². The number of ketones is 1. The molecule has 0 saturated heterocycles. The molecule has 1 aliphatic rings. The molecule has 0 aromatic heterocycles. The minimum atomic E-state index is -0.864. The maximum atomic E-state index is 12.6. The van der Waals surface area contributed by atoms with Crippen molar-refractivity contribution < 1.29 is 19.1 Å². The molecule has 0 aliphatic carbocycles. The van der Waals surface area contributed by atoms with Crippen molar-refractivity contribution in [3.63, 3.8) is 0 Å². The Labute approximate surface area is 158 Å². The van der Waals surface area contributed by atoms with Gasteiger partial charge in [-0.2, -0.15) is 0 Å². The van der Waals surface area contributed by atoms with Gasteiger partial charge in [-0.05, 0) is 57.0 Å². The van der Waals surface area contributed by atoms with Crippen LogP contribution in [0.3, 0.4) is 0 Å². The molecule has 0 saturated carbocycles. The first-order valence-corrected chi connectivity index (χ1v) is 8.88. The van der Waals surface area contributed by atoms with E-state index < -0.39 is 5.54 Å². The third-order valence-corrected chi connectivity index (χ3v) is 4.92. The molecule has 2 aromatic carbocycles. The predicted octanol–water partition coefficient (Wildman–Crippen LogP) is 3.58. The van der Waals surface area contributed by atoms with Crippen LogP contribution in [0.2, 0.25) is 0 Å². The summed E-state index contributed by atoms with van der Waals surface area (Å²) in [4.78, 5) is 38.8. The third kappa shape index (κ3) is 3.55. The molecule has 27 heavy (non-hydrogen) atoms. The molecule has 3 rings (SSSR count). The molecule has 0 atom stereocenters. The van der Waals surface area contributed by atoms with Crippen molar-refractivity contribution in [1.82, 2.24) is 4.90 Å². The molecule has 0 unspecified atom stereocenters. The molecule has 2 amide bonds. The summed E-state index contributed by atoms with van der Waals surface area (Å²) in [5, 5.41) is 0. The normalized spacial score (nSPS) is 13.9. The lowest BCUT2D eigenvalue weighted by molar-refractivity contribution is 0.0179. The first kappa shape index (κ1) is 19.0. The van der Waals surface area contributed by atoms with Gasteiger partial charge in [0.05, 0.1) is 23.3 Å². The summed E-state index contributed by atoms with van der Waals surface area (Å²) < 4.78 is 5.60. The largest absolute Gasteiger partial charge is 0.371 e. The van der Waals surface area contributed by atoms with E-state index in [9.17, 15) is 14.4 Å². The lowest BCUT2D eigenvalue weighted by atomic mass is 10.0. The minimum Gasteiger partial charge on any atom is -0.371 e. The Balaban J connectivity index is 1.65. The smallest absolute Gasteiger partial charge is 0.262 e. The summed E-state index contributed by atoms with van der Waals surface area (Å²) >= 11 is 0. The average Bonchev–Trinajstić information content (AvgIpc) is 2.89. The lowest BCUT2D eigenvalue weighted by Gasteiger charge is -2.33. The molecular weight excluding hydrogens is 342 g/mol. The van der Waals surface area contributed by atoms with Crippen LogP contribution in [0.25, 0.3) is 0 Å². The van der Waals surface area contributed by atoms with E-state index in [4.69, 9.17) is 4.74 Å². The van der Waals surface area contributed by atoms with Crippen LogP contribution in [0.5, 0.6) is 0 Å². The fourth-order valence-electron chi connectivity index (χ4n) is 3.20. The molecule has 1 aliphatic heterocycles. The van der Waals surface area contributed by atoms with Gasteiger partial charge in [0.25, 0.3) is 11.8 Å². The van der Waals surface area contributed by atoms with Crippen molar-refractivity contribution in [3.8, 4) is 0 Å². The third-order valence-electron chi connectivity index (χ3n) is 4.92. The molecule has 5 nitrogen and oxygen atoms in total. The number of nitrogens with zero attached hydrogens (tertiary/aromatic N) is 1. The number of amides is 2. The van der Waals surface area contributed by atoms with E-state index >= 15 is 0 Å². The van der Waals surface area contributed by atoms with Crippen LogP contribution < -0.4 is 0 Å². The molecule has 2 aromatic rings. The van der Waals surface area contributed by atoms with Crippen molar-refractivity contribution in [2.45, 2.75) is 33.2 Å². The van der Waals surface area contributed by atoms with E-state index in [-0.39, 0.29) is 30.8 Å². The monoisotopic (exact) mass is 365 g/mol. The Morgan fingerprint density at radius 2 is 1.56 bits per heavy atom. The second-order valence-electron chi connectivity index (χ2n) is 7.52. The van der Waals surface area contributed by atoms with Crippen molar-refractivity contribution in [1.29, 1.82) is 0 Å². The second kappa shape index (κ2) is 7.08. The maximum absolute atomic E-state index is 12.6. The fourth-order valence-corrected chi connectivity index (χ4v) is 3.20. The highest BCUT2D eigenvalue weighted by molar-refractivity contribution is 6.21. The van der Waals surface area contributed by atoms with Gasteiger partial charge in [-0.3, -0.25) is 19.3 Å². The van der Waals surface area contributed by atoms with Gasteiger partial charge in [-0.1, -0.05) is 24.3 Å². The van der Waals surface area contributed by atoms with Crippen LogP contribution in [-0.4, -0.2) is 41.3 Å². The summed E-state index contributed by atoms with van der Waals surface area (Å²) in [6.45, 7) is 7.44. The van der Waals surface area contributed by atoms with Gasteiger partial charge in [0.15, 0.2) is 5.78 Å². The minimum absolute atomic E-state index is 0.0784. The molecule has 140 valence electrons. The molecule has 0 bridgehead atoms. The van der Waals surface area contributed by atoms with Crippen molar-refractivity contribution in [2.75, 3.05) is 13.2 Å². The molecular formula is C22H23NO4. The van der Waals surface area contributed by atoms with E-state index in [0.717, 1.165) is 11.1 Å². The topological polar surface area (TPSA) is 63.7 Å². The number of ether oxygens (including phenoxy) is 1. The molecule has 0 radical (unpaired) electrons. The Morgan fingerprint density at radius 1 is 0.963 bits per heavy atom. The molecule has 0 N–H and O–H groups in total. The van der Waals surface area contributed by atoms with Crippen LogP contribution in [0, 0.1) is 13.8 Å². The summed E-state index contributed by atoms with van der Waals surface area (Å²) in [7, 11) is 0. The van der Waals surface area contributed by atoms with Gasteiger partial charge in [-0.15, -0.1) is 0 Å². The first-order chi connectivity index (χ1) is 12.7. The highest BCUT2D eigenvalue weighted by Crippen LogP contribution is 2.29. The first-order valence-electron chi connectivity index (χ1n) is 8.88. The van der Waals surface area contributed by atoms with E-state index in [1.807, 2.05) is 26.0 Å². The Kier molecular flexibility index (Phi) is 4.98. The molecule has 0 fully saturated rings. The average molecular weight is 365 g/mol. The second-order valence-corrected chi connectivity index (χ2v) is 7.52. The summed E-state index contributed by atoms with van der Waals surface area (Å²) in [6.07, 6.45) is 0. The Morgan fingerprint density at radius 3 is 2.11 bits per heavy atom. The van der Waals surface area contributed by atoms with Gasteiger partial charge >= 0.3 is 0 Å². The summed E-state index contributed by atoms with van der Waals surface area (Å²) in [5.74, 6) is -0.786. The predicted molar refractivity (Wildman–Crippen MR) is 102 cm³/mol. The number of hydrogen-bond acceptors (Lipinski definition) is 4. The number of aryl methyl sites for hydroxylation is 2. The van der Waals surface area contributed by atoms with Gasteiger partial charge in [0, 0.05) is 5.56 Å². The van der Waals surface area contributed by atoms with Crippen LogP contribution in [0.15, 0.2) is 42.5 Å². The van der Waals surface area contributed by atoms with Gasteiger partial charge in [-0.25, -0.2) is 0 Å². The summed E-state index contributed by atoms with van der Waals surface area (Å²) in [6, 6.07) is 12.3. The molecule has 0 spiro atoms. The quantitative estimate of drug-likeness (QED) is 0.580. The number of carbonyl (C=O) groups excluding carboxylic acids is 3. The maximum Gasteiger partial charge on any atom is 0.262 e.